The molecule has 180 valence electrons. The molecule has 1 saturated heterocycles. The number of carbonyl (C=O) groups is 1. The molecule has 0 bridgehead atoms. The van der Waals surface area contributed by atoms with Crippen LogP contribution in [0.25, 0.3) is 28.0 Å². The number of piperidine rings is 1. The summed E-state index contributed by atoms with van der Waals surface area (Å²) < 4.78 is 28.3. The third-order valence-electron chi connectivity index (χ3n) is 6.52. The van der Waals surface area contributed by atoms with Gasteiger partial charge in [-0.05, 0) is 54.2 Å². The standard InChI is InChI=1S/C26H25FN4O3S/c1-35(34)24-15-31(26-28-13-19(14-29-26)20-4-2-3-5-22(20)27)23-12-18(6-7-21(23)24)25(33)30-10-8-17(16-32)9-11-30/h2-7,12-15,17,32H,8-11,16H2,1H3. The van der Waals surface area contributed by atoms with Crippen LogP contribution in [0.4, 0.5) is 4.39 Å². The minimum absolute atomic E-state index is 0.0778. The molecule has 4 aromatic rings. The molecule has 0 saturated carbocycles. The van der Waals surface area contributed by atoms with Crippen molar-refractivity contribution in [3.63, 3.8) is 0 Å². The Morgan fingerprint density at radius 1 is 1.17 bits per heavy atom. The molecule has 1 amide bonds. The minimum Gasteiger partial charge on any atom is -0.612 e. The second-order valence-corrected chi connectivity index (χ2v) is 10.1. The fourth-order valence-corrected chi connectivity index (χ4v) is 5.24. The minimum atomic E-state index is -1.27. The van der Waals surface area contributed by atoms with Crippen LogP contribution in [-0.4, -0.2) is 61.0 Å². The van der Waals surface area contributed by atoms with Crippen molar-refractivity contribution in [3.05, 3.63) is 72.4 Å². The summed E-state index contributed by atoms with van der Waals surface area (Å²) in [6, 6.07) is 11.8. The Kier molecular flexibility index (Phi) is 6.55. The monoisotopic (exact) mass is 492 g/mol. The van der Waals surface area contributed by atoms with Gasteiger partial charge in [0.05, 0.1) is 17.1 Å². The van der Waals surface area contributed by atoms with E-state index >= 15 is 0 Å². The molecule has 1 fully saturated rings. The highest BCUT2D eigenvalue weighted by atomic mass is 32.2. The SMILES string of the molecule is C[S+]([O-])c1cn(-c2ncc(-c3ccccc3F)cn2)c2cc(C(=O)N3CCC(CO)CC3)ccc12. The molecule has 1 unspecified atom stereocenters. The second kappa shape index (κ2) is 9.77. The second-order valence-electron chi connectivity index (χ2n) is 8.72. The number of fused-ring (bicyclic) bond motifs is 1. The molecule has 0 aliphatic carbocycles. The predicted octanol–water partition coefficient (Wildman–Crippen LogP) is 3.81. The lowest BCUT2D eigenvalue weighted by Gasteiger charge is -2.31. The summed E-state index contributed by atoms with van der Waals surface area (Å²) in [6.07, 6.45) is 7.99. The van der Waals surface area contributed by atoms with Crippen LogP contribution < -0.4 is 0 Å². The predicted molar refractivity (Wildman–Crippen MR) is 132 cm³/mol. The first kappa shape index (κ1) is 23.5. The lowest BCUT2D eigenvalue weighted by molar-refractivity contribution is 0.0651. The van der Waals surface area contributed by atoms with Gasteiger partial charge in [0.25, 0.3) is 5.91 Å². The summed E-state index contributed by atoms with van der Waals surface area (Å²) in [5.41, 5.74) is 2.15. The smallest absolute Gasteiger partial charge is 0.253 e. The van der Waals surface area contributed by atoms with Crippen LogP contribution in [-0.2, 0) is 11.2 Å². The summed E-state index contributed by atoms with van der Waals surface area (Å²) in [4.78, 5) is 24.5. The van der Waals surface area contributed by atoms with Gasteiger partial charge in [-0.1, -0.05) is 18.2 Å². The molecule has 1 atom stereocenters. The van der Waals surface area contributed by atoms with Crippen molar-refractivity contribution in [2.24, 2.45) is 5.92 Å². The summed E-state index contributed by atoms with van der Waals surface area (Å²) >= 11 is -1.27. The van der Waals surface area contributed by atoms with E-state index in [0.717, 1.165) is 18.2 Å². The number of benzene rings is 2. The number of rotatable bonds is 5. The summed E-state index contributed by atoms with van der Waals surface area (Å²) in [7, 11) is 0. The van der Waals surface area contributed by atoms with E-state index in [9.17, 15) is 18.8 Å². The number of amides is 1. The highest BCUT2D eigenvalue weighted by Crippen LogP contribution is 2.30. The Labute approximate surface area is 205 Å². The molecule has 1 N–H and O–H groups in total. The van der Waals surface area contributed by atoms with Gasteiger partial charge in [-0.15, -0.1) is 0 Å². The summed E-state index contributed by atoms with van der Waals surface area (Å²) in [5, 5.41) is 10.1. The molecule has 2 aromatic carbocycles. The van der Waals surface area contributed by atoms with Crippen molar-refractivity contribution < 1.29 is 18.8 Å². The number of carbonyl (C=O) groups excluding carboxylic acids is 1. The first-order valence-corrected chi connectivity index (χ1v) is 13.0. The number of nitrogens with zero attached hydrogens (tertiary/aromatic N) is 4. The Bertz CT molecular complexity index is 1370. The van der Waals surface area contributed by atoms with Crippen molar-refractivity contribution in [2.75, 3.05) is 26.0 Å². The molecule has 3 heterocycles. The van der Waals surface area contributed by atoms with Gasteiger partial charge in [-0.25, -0.2) is 14.4 Å². The first-order chi connectivity index (χ1) is 17.0. The fourth-order valence-electron chi connectivity index (χ4n) is 4.50. The number of hydrogen-bond donors (Lipinski definition) is 1. The normalized spacial score (nSPS) is 15.5. The van der Waals surface area contributed by atoms with Crippen LogP contribution >= 0.6 is 0 Å². The van der Waals surface area contributed by atoms with Gasteiger partial charge < -0.3 is 14.6 Å². The maximum Gasteiger partial charge on any atom is 0.253 e. The van der Waals surface area contributed by atoms with E-state index in [2.05, 4.69) is 9.97 Å². The summed E-state index contributed by atoms with van der Waals surface area (Å²) in [5.74, 6) is 0.140. The molecule has 0 spiro atoms. The van der Waals surface area contributed by atoms with Crippen LogP contribution in [0.1, 0.15) is 23.2 Å². The molecule has 1 aliphatic heterocycles. The number of aliphatic hydroxyl groups is 1. The van der Waals surface area contributed by atoms with E-state index in [1.807, 2.05) is 6.07 Å². The maximum atomic E-state index is 14.2. The third kappa shape index (κ3) is 4.54. The zero-order chi connectivity index (χ0) is 24.5. The lowest BCUT2D eigenvalue weighted by Crippen LogP contribution is -2.39. The van der Waals surface area contributed by atoms with Crippen LogP contribution in [0.15, 0.2) is 66.0 Å². The number of halogens is 1. The van der Waals surface area contributed by atoms with E-state index in [1.54, 1.807) is 64.6 Å². The van der Waals surface area contributed by atoms with Crippen LogP contribution in [0, 0.1) is 11.7 Å². The van der Waals surface area contributed by atoms with E-state index in [-0.39, 0.29) is 24.2 Å². The van der Waals surface area contributed by atoms with Gasteiger partial charge in [-0.3, -0.25) is 9.36 Å². The Morgan fingerprint density at radius 3 is 2.54 bits per heavy atom. The van der Waals surface area contributed by atoms with Crippen molar-refractivity contribution in [1.82, 2.24) is 19.4 Å². The van der Waals surface area contributed by atoms with E-state index < -0.39 is 11.2 Å². The molecule has 35 heavy (non-hydrogen) atoms. The van der Waals surface area contributed by atoms with Gasteiger partial charge in [-0.2, -0.15) is 0 Å². The largest absolute Gasteiger partial charge is 0.612 e. The number of aliphatic hydroxyl groups excluding tert-OH is 1. The Hall–Kier alpha value is -3.27. The van der Waals surface area contributed by atoms with Gasteiger partial charge in [0.2, 0.25) is 5.95 Å². The van der Waals surface area contributed by atoms with Crippen molar-refractivity contribution >= 4 is 28.0 Å². The van der Waals surface area contributed by atoms with Crippen molar-refractivity contribution in [1.29, 1.82) is 0 Å². The van der Waals surface area contributed by atoms with E-state index in [1.165, 1.54) is 6.07 Å². The zero-order valence-corrected chi connectivity index (χ0v) is 20.0. The van der Waals surface area contributed by atoms with Crippen LogP contribution in [0.2, 0.25) is 0 Å². The fraction of sp³-hybridized carbons (Fsp3) is 0.269. The van der Waals surface area contributed by atoms with Gasteiger partial charge >= 0.3 is 0 Å². The summed E-state index contributed by atoms with van der Waals surface area (Å²) in [6.45, 7) is 1.36. The van der Waals surface area contributed by atoms with Gasteiger partial charge in [0, 0.05) is 48.8 Å². The number of hydrogen-bond acceptors (Lipinski definition) is 5. The molecule has 2 aromatic heterocycles. The molecular weight excluding hydrogens is 467 g/mol. The van der Waals surface area contributed by atoms with Crippen LogP contribution in [0.5, 0.6) is 0 Å². The highest BCUT2D eigenvalue weighted by Gasteiger charge is 2.25. The Balaban J connectivity index is 1.51. The molecule has 1 aliphatic rings. The first-order valence-electron chi connectivity index (χ1n) is 11.4. The topological polar surface area (TPSA) is 94.3 Å². The average molecular weight is 493 g/mol. The zero-order valence-electron chi connectivity index (χ0n) is 19.2. The lowest BCUT2D eigenvalue weighted by atomic mass is 9.97. The number of aromatic nitrogens is 3. The van der Waals surface area contributed by atoms with Crippen molar-refractivity contribution in [2.45, 2.75) is 17.7 Å². The molecule has 7 nitrogen and oxygen atoms in total. The molecule has 0 radical (unpaired) electrons. The quantitative estimate of drug-likeness (QED) is 0.428. The maximum absolute atomic E-state index is 14.2. The van der Waals surface area contributed by atoms with Gasteiger partial charge in [0.15, 0.2) is 4.90 Å². The van der Waals surface area contributed by atoms with Gasteiger partial charge in [0.1, 0.15) is 12.1 Å². The average Bonchev–Trinajstić information content (AvgIpc) is 3.28. The van der Waals surface area contributed by atoms with E-state index in [0.29, 0.717) is 46.1 Å². The Morgan fingerprint density at radius 2 is 1.89 bits per heavy atom. The van der Waals surface area contributed by atoms with Crippen molar-refractivity contribution in [3.8, 4) is 17.1 Å². The third-order valence-corrected chi connectivity index (χ3v) is 7.47. The van der Waals surface area contributed by atoms with Crippen LogP contribution in [0.3, 0.4) is 0 Å². The molecule has 5 rings (SSSR count). The molecular formula is C26H25FN4O3S. The number of likely N-dealkylation sites (tertiary alicyclic amines) is 1. The van der Waals surface area contributed by atoms with E-state index in [4.69, 9.17) is 0 Å². The molecule has 9 heteroatoms. The highest BCUT2D eigenvalue weighted by molar-refractivity contribution is 7.91.